The van der Waals surface area contributed by atoms with Gasteiger partial charge in [-0.3, -0.25) is 4.79 Å². The first-order chi connectivity index (χ1) is 9.69. The summed E-state index contributed by atoms with van der Waals surface area (Å²) in [6, 6.07) is 3.43. The van der Waals surface area contributed by atoms with Crippen LogP contribution in [0.25, 0.3) is 0 Å². The van der Waals surface area contributed by atoms with Crippen molar-refractivity contribution in [2.45, 2.75) is 13.8 Å². The summed E-state index contributed by atoms with van der Waals surface area (Å²) in [6.07, 6.45) is 1.61. The molecule has 0 N–H and O–H groups in total. The number of amides is 1. The van der Waals surface area contributed by atoms with E-state index >= 15 is 0 Å². The lowest BCUT2D eigenvalue weighted by atomic mass is 10.2. The molecule has 0 aromatic carbocycles. The van der Waals surface area contributed by atoms with Gasteiger partial charge in [-0.15, -0.1) is 0 Å². The number of halogens is 1. The first-order valence-corrected chi connectivity index (χ1v) is 7.54. The SMILES string of the molecule is CCOCCN(CCOCC)C(=O)c1ccnc(Br)c1. The number of nitrogens with zero attached hydrogens (tertiary/aromatic N) is 2. The van der Waals surface area contributed by atoms with E-state index < -0.39 is 0 Å². The molecule has 0 bridgehead atoms. The minimum absolute atomic E-state index is 0.0347. The van der Waals surface area contributed by atoms with Crippen molar-refractivity contribution in [3.63, 3.8) is 0 Å². The normalized spacial score (nSPS) is 10.6. The van der Waals surface area contributed by atoms with Crippen LogP contribution >= 0.6 is 15.9 Å². The van der Waals surface area contributed by atoms with Crippen molar-refractivity contribution >= 4 is 21.8 Å². The molecule has 1 aromatic rings. The second-order valence-electron chi connectivity index (χ2n) is 4.05. The van der Waals surface area contributed by atoms with E-state index in [2.05, 4.69) is 20.9 Å². The molecule has 0 aliphatic heterocycles. The quantitative estimate of drug-likeness (QED) is 0.509. The Morgan fingerprint density at radius 1 is 1.25 bits per heavy atom. The number of aromatic nitrogens is 1. The van der Waals surface area contributed by atoms with Crippen molar-refractivity contribution in [3.05, 3.63) is 28.5 Å². The number of carbonyl (C=O) groups excluding carboxylic acids is 1. The molecule has 1 rings (SSSR count). The summed E-state index contributed by atoms with van der Waals surface area (Å²) < 4.78 is 11.3. The van der Waals surface area contributed by atoms with Crippen LogP contribution in [0.15, 0.2) is 22.9 Å². The molecule has 0 saturated carbocycles. The van der Waals surface area contributed by atoms with Gasteiger partial charge in [0.1, 0.15) is 4.60 Å². The molecular formula is C14H21BrN2O3. The number of pyridine rings is 1. The Kier molecular flexibility index (Phi) is 8.41. The van der Waals surface area contributed by atoms with Crippen LogP contribution in [0, 0.1) is 0 Å². The zero-order chi connectivity index (χ0) is 14.8. The van der Waals surface area contributed by atoms with Crippen molar-refractivity contribution in [2.24, 2.45) is 0 Å². The van der Waals surface area contributed by atoms with Crippen molar-refractivity contribution in [1.29, 1.82) is 0 Å². The monoisotopic (exact) mass is 344 g/mol. The number of hydrogen-bond acceptors (Lipinski definition) is 4. The molecule has 1 aromatic heterocycles. The van der Waals surface area contributed by atoms with Gasteiger partial charge in [0, 0.05) is 38.1 Å². The van der Waals surface area contributed by atoms with Gasteiger partial charge in [-0.2, -0.15) is 0 Å². The standard InChI is InChI=1S/C14H21BrN2O3/c1-3-19-9-7-17(8-10-20-4-2)14(18)12-5-6-16-13(15)11-12/h5-6,11H,3-4,7-10H2,1-2H3. The van der Waals surface area contributed by atoms with Gasteiger partial charge in [0.25, 0.3) is 5.91 Å². The molecule has 0 fully saturated rings. The Balaban J connectivity index is 2.66. The number of rotatable bonds is 9. The molecular weight excluding hydrogens is 324 g/mol. The average Bonchev–Trinajstić information content (AvgIpc) is 2.45. The van der Waals surface area contributed by atoms with Gasteiger partial charge in [0.2, 0.25) is 0 Å². The molecule has 0 aliphatic carbocycles. The smallest absolute Gasteiger partial charge is 0.254 e. The van der Waals surface area contributed by atoms with Gasteiger partial charge in [0.15, 0.2) is 0 Å². The van der Waals surface area contributed by atoms with E-state index in [4.69, 9.17) is 9.47 Å². The minimum Gasteiger partial charge on any atom is -0.380 e. The average molecular weight is 345 g/mol. The van der Waals surface area contributed by atoms with Crippen molar-refractivity contribution in [2.75, 3.05) is 39.5 Å². The lowest BCUT2D eigenvalue weighted by Gasteiger charge is -2.22. The summed E-state index contributed by atoms with van der Waals surface area (Å²) in [7, 11) is 0. The molecule has 0 aliphatic rings. The second-order valence-corrected chi connectivity index (χ2v) is 4.87. The summed E-state index contributed by atoms with van der Waals surface area (Å²) in [5.41, 5.74) is 0.611. The number of hydrogen-bond donors (Lipinski definition) is 0. The highest BCUT2D eigenvalue weighted by molar-refractivity contribution is 9.10. The van der Waals surface area contributed by atoms with Gasteiger partial charge < -0.3 is 14.4 Å². The van der Waals surface area contributed by atoms with Crippen LogP contribution in [0.4, 0.5) is 0 Å². The zero-order valence-electron chi connectivity index (χ0n) is 12.0. The van der Waals surface area contributed by atoms with E-state index in [1.165, 1.54) is 0 Å². The third kappa shape index (κ3) is 5.98. The highest BCUT2D eigenvalue weighted by atomic mass is 79.9. The van der Waals surface area contributed by atoms with Crippen LogP contribution in [-0.2, 0) is 9.47 Å². The van der Waals surface area contributed by atoms with E-state index in [1.807, 2.05) is 13.8 Å². The number of ether oxygens (including phenoxy) is 2. The molecule has 0 spiro atoms. The highest BCUT2D eigenvalue weighted by Gasteiger charge is 2.15. The van der Waals surface area contributed by atoms with Gasteiger partial charge >= 0.3 is 0 Å². The first-order valence-electron chi connectivity index (χ1n) is 6.75. The van der Waals surface area contributed by atoms with E-state index in [-0.39, 0.29) is 5.91 Å². The molecule has 0 unspecified atom stereocenters. The maximum absolute atomic E-state index is 12.5. The Labute approximate surface area is 128 Å². The van der Waals surface area contributed by atoms with Crippen LogP contribution in [0.3, 0.4) is 0 Å². The minimum atomic E-state index is -0.0347. The molecule has 112 valence electrons. The first kappa shape index (κ1) is 17.1. The fourth-order valence-electron chi connectivity index (χ4n) is 1.67. The van der Waals surface area contributed by atoms with Crippen molar-refractivity contribution in [1.82, 2.24) is 9.88 Å². The Bertz CT molecular complexity index is 405. The van der Waals surface area contributed by atoms with Gasteiger partial charge in [0.05, 0.1) is 13.2 Å². The van der Waals surface area contributed by atoms with E-state index in [0.717, 1.165) is 0 Å². The summed E-state index contributed by atoms with van der Waals surface area (Å²) in [5.74, 6) is -0.0347. The lowest BCUT2D eigenvalue weighted by Crippen LogP contribution is -2.36. The molecule has 0 radical (unpaired) electrons. The Hall–Kier alpha value is -0.980. The summed E-state index contributed by atoms with van der Waals surface area (Å²) in [5, 5.41) is 0. The highest BCUT2D eigenvalue weighted by Crippen LogP contribution is 2.10. The second kappa shape index (κ2) is 9.85. The van der Waals surface area contributed by atoms with Crippen molar-refractivity contribution < 1.29 is 14.3 Å². The fraction of sp³-hybridized carbons (Fsp3) is 0.571. The Morgan fingerprint density at radius 2 is 1.85 bits per heavy atom. The summed E-state index contributed by atoms with van der Waals surface area (Å²) in [4.78, 5) is 18.2. The summed E-state index contributed by atoms with van der Waals surface area (Å²) in [6.45, 7) is 7.34. The van der Waals surface area contributed by atoms with Crippen LogP contribution in [0.5, 0.6) is 0 Å². The largest absolute Gasteiger partial charge is 0.380 e. The van der Waals surface area contributed by atoms with Crippen LogP contribution in [0.2, 0.25) is 0 Å². The van der Waals surface area contributed by atoms with E-state index in [1.54, 1.807) is 23.2 Å². The topological polar surface area (TPSA) is 51.7 Å². The van der Waals surface area contributed by atoms with Gasteiger partial charge in [-0.05, 0) is 41.9 Å². The van der Waals surface area contributed by atoms with E-state index in [0.29, 0.717) is 49.7 Å². The van der Waals surface area contributed by atoms with Gasteiger partial charge in [-0.1, -0.05) is 0 Å². The lowest BCUT2D eigenvalue weighted by molar-refractivity contribution is 0.0550. The maximum atomic E-state index is 12.5. The maximum Gasteiger partial charge on any atom is 0.254 e. The molecule has 5 nitrogen and oxygen atoms in total. The third-order valence-electron chi connectivity index (χ3n) is 2.68. The Morgan fingerprint density at radius 3 is 2.35 bits per heavy atom. The third-order valence-corrected chi connectivity index (χ3v) is 3.11. The predicted molar refractivity (Wildman–Crippen MR) is 80.8 cm³/mol. The molecule has 6 heteroatoms. The zero-order valence-corrected chi connectivity index (χ0v) is 13.6. The van der Waals surface area contributed by atoms with Crippen molar-refractivity contribution in [3.8, 4) is 0 Å². The van der Waals surface area contributed by atoms with Gasteiger partial charge in [-0.25, -0.2) is 4.98 Å². The van der Waals surface area contributed by atoms with Crippen LogP contribution in [0.1, 0.15) is 24.2 Å². The fourth-order valence-corrected chi connectivity index (χ4v) is 2.04. The van der Waals surface area contributed by atoms with E-state index in [9.17, 15) is 4.79 Å². The number of carbonyl (C=O) groups is 1. The van der Waals surface area contributed by atoms with Crippen LogP contribution in [-0.4, -0.2) is 55.3 Å². The molecule has 1 heterocycles. The molecule has 0 saturated heterocycles. The molecule has 1 amide bonds. The summed E-state index contributed by atoms with van der Waals surface area (Å²) >= 11 is 3.28. The molecule has 0 atom stereocenters. The molecule has 20 heavy (non-hydrogen) atoms. The van der Waals surface area contributed by atoms with Crippen LogP contribution < -0.4 is 0 Å². The predicted octanol–water partition coefficient (Wildman–Crippen LogP) is 2.36.